The van der Waals surface area contributed by atoms with Crippen LogP contribution >= 0.6 is 15.9 Å². The van der Waals surface area contributed by atoms with Crippen molar-refractivity contribution in [1.29, 1.82) is 0 Å². The third-order valence-electron chi connectivity index (χ3n) is 3.61. The summed E-state index contributed by atoms with van der Waals surface area (Å²) in [6.45, 7) is 0.513. The van der Waals surface area contributed by atoms with Crippen LogP contribution in [0.1, 0.15) is 25.7 Å². The third-order valence-corrected chi connectivity index (χ3v) is 4.27. The first kappa shape index (κ1) is 13.5. The van der Waals surface area contributed by atoms with Gasteiger partial charge in [-0.2, -0.15) is 0 Å². The van der Waals surface area contributed by atoms with Crippen LogP contribution in [0.5, 0.6) is 0 Å². The molecule has 0 heterocycles. The van der Waals surface area contributed by atoms with Crippen LogP contribution in [-0.4, -0.2) is 12.5 Å². The Kier molecular flexibility index (Phi) is 4.02. The number of nitrogens with one attached hydrogen (secondary N) is 1. The zero-order chi connectivity index (χ0) is 13.2. The Morgan fingerprint density at radius 1 is 1.50 bits per heavy atom. The van der Waals surface area contributed by atoms with Gasteiger partial charge >= 0.3 is 0 Å². The molecule has 0 atom stereocenters. The van der Waals surface area contributed by atoms with Gasteiger partial charge in [0.25, 0.3) is 0 Å². The molecule has 1 aliphatic rings. The molecule has 0 unspecified atom stereocenters. The van der Waals surface area contributed by atoms with E-state index in [9.17, 15) is 9.18 Å². The van der Waals surface area contributed by atoms with Crippen LogP contribution in [-0.2, 0) is 4.79 Å². The molecule has 1 amide bonds. The van der Waals surface area contributed by atoms with Gasteiger partial charge in [0.1, 0.15) is 5.82 Å². The number of benzene rings is 1. The molecule has 5 heteroatoms. The van der Waals surface area contributed by atoms with Crippen LogP contribution in [0.3, 0.4) is 0 Å². The molecule has 3 N–H and O–H groups in total. The molecule has 0 radical (unpaired) electrons. The fraction of sp³-hybridized carbons (Fsp3) is 0.462. The maximum atomic E-state index is 13.6. The largest absolute Gasteiger partial charge is 0.330 e. The summed E-state index contributed by atoms with van der Waals surface area (Å²) in [6, 6.07) is 4.60. The van der Waals surface area contributed by atoms with Crippen LogP contribution < -0.4 is 11.1 Å². The normalized spacial score (nSPS) is 17.1. The van der Waals surface area contributed by atoms with Gasteiger partial charge in [0, 0.05) is 10.9 Å². The summed E-state index contributed by atoms with van der Waals surface area (Å²) in [4.78, 5) is 11.9. The quantitative estimate of drug-likeness (QED) is 0.897. The van der Waals surface area contributed by atoms with E-state index in [0.717, 1.165) is 19.3 Å². The van der Waals surface area contributed by atoms with E-state index >= 15 is 0 Å². The Morgan fingerprint density at radius 2 is 2.22 bits per heavy atom. The van der Waals surface area contributed by atoms with Crippen molar-refractivity contribution < 1.29 is 9.18 Å². The molecule has 1 fully saturated rings. The van der Waals surface area contributed by atoms with E-state index in [1.54, 1.807) is 12.1 Å². The van der Waals surface area contributed by atoms with Crippen LogP contribution in [0.4, 0.5) is 10.1 Å². The summed E-state index contributed by atoms with van der Waals surface area (Å²) in [7, 11) is 0. The van der Waals surface area contributed by atoms with E-state index in [1.807, 2.05) is 0 Å². The van der Waals surface area contributed by atoms with Crippen molar-refractivity contribution in [3.05, 3.63) is 28.5 Å². The van der Waals surface area contributed by atoms with Crippen LogP contribution in [0.2, 0.25) is 0 Å². The monoisotopic (exact) mass is 314 g/mol. The minimum Gasteiger partial charge on any atom is -0.330 e. The molecular weight excluding hydrogens is 299 g/mol. The molecule has 0 aromatic heterocycles. The zero-order valence-corrected chi connectivity index (χ0v) is 11.6. The second-order valence-corrected chi connectivity index (χ2v) is 5.73. The van der Waals surface area contributed by atoms with Gasteiger partial charge in [-0.05, 0) is 52.9 Å². The van der Waals surface area contributed by atoms with Crippen molar-refractivity contribution in [2.24, 2.45) is 11.1 Å². The number of anilines is 1. The van der Waals surface area contributed by atoms with Gasteiger partial charge in [-0.3, -0.25) is 4.79 Å². The first-order chi connectivity index (χ1) is 8.56. The number of hydrogen-bond donors (Lipinski definition) is 2. The molecule has 98 valence electrons. The third kappa shape index (κ3) is 2.72. The molecule has 0 spiro atoms. The summed E-state index contributed by atoms with van der Waals surface area (Å²) in [5, 5.41) is 2.62. The number of para-hydroxylation sites is 1. The Balaban J connectivity index is 2.03. The minimum atomic E-state index is -0.437. The molecule has 1 aromatic carbocycles. The van der Waals surface area contributed by atoms with Gasteiger partial charge in [-0.25, -0.2) is 4.39 Å². The predicted molar refractivity (Wildman–Crippen MR) is 72.7 cm³/mol. The average Bonchev–Trinajstić information content (AvgIpc) is 2.29. The first-order valence-electron chi connectivity index (χ1n) is 6.00. The van der Waals surface area contributed by atoms with Crippen molar-refractivity contribution in [2.45, 2.75) is 25.7 Å². The topological polar surface area (TPSA) is 55.1 Å². The highest BCUT2D eigenvalue weighted by Gasteiger charge is 2.37. The van der Waals surface area contributed by atoms with E-state index in [0.29, 0.717) is 17.4 Å². The highest BCUT2D eigenvalue weighted by Crippen LogP contribution is 2.43. The molecule has 1 aliphatic carbocycles. The molecule has 1 saturated carbocycles. The number of halogens is 2. The van der Waals surface area contributed by atoms with Gasteiger partial charge < -0.3 is 11.1 Å². The van der Waals surface area contributed by atoms with Crippen molar-refractivity contribution in [2.75, 3.05) is 11.9 Å². The lowest BCUT2D eigenvalue weighted by atomic mass is 9.66. The maximum Gasteiger partial charge on any atom is 0.225 e. The molecule has 18 heavy (non-hydrogen) atoms. The van der Waals surface area contributed by atoms with Gasteiger partial charge in [-0.15, -0.1) is 0 Å². The molecule has 0 aliphatic heterocycles. The Labute approximate surface area is 114 Å². The Morgan fingerprint density at radius 3 is 2.72 bits per heavy atom. The van der Waals surface area contributed by atoms with E-state index in [1.165, 1.54) is 6.07 Å². The minimum absolute atomic E-state index is 0.0676. The van der Waals surface area contributed by atoms with E-state index in [4.69, 9.17) is 5.73 Å². The highest BCUT2D eigenvalue weighted by molar-refractivity contribution is 9.10. The lowest BCUT2D eigenvalue weighted by molar-refractivity contribution is -0.119. The number of rotatable bonds is 4. The van der Waals surface area contributed by atoms with Crippen LogP contribution in [0, 0.1) is 11.2 Å². The number of hydrogen-bond acceptors (Lipinski definition) is 2. The van der Waals surface area contributed by atoms with Gasteiger partial charge in [-0.1, -0.05) is 12.5 Å². The lowest BCUT2D eigenvalue weighted by Gasteiger charge is -2.40. The zero-order valence-electron chi connectivity index (χ0n) is 10.0. The first-order valence-corrected chi connectivity index (χ1v) is 6.80. The Bertz CT molecular complexity index is 435. The fourth-order valence-electron chi connectivity index (χ4n) is 2.27. The summed E-state index contributed by atoms with van der Waals surface area (Å²) < 4.78 is 14.1. The fourth-order valence-corrected chi connectivity index (χ4v) is 2.71. The number of amides is 1. The summed E-state index contributed by atoms with van der Waals surface area (Å²) in [5.41, 5.74) is 5.84. The summed E-state index contributed by atoms with van der Waals surface area (Å²) >= 11 is 3.22. The van der Waals surface area contributed by atoms with Crippen molar-refractivity contribution in [3.8, 4) is 0 Å². The van der Waals surface area contributed by atoms with Crippen molar-refractivity contribution >= 4 is 27.5 Å². The molecule has 1 aromatic rings. The molecule has 0 bridgehead atoms. The van der Waals surface area contributed by atoms with Crippen LogP contribution in [0.25, 0.3) is 0 Å². The van der Waals surface area contributed by atoms with Crippen molar-refractivity contribution in [3.63, 3.8) is 0 Å². The van der Waals surface area contributed by atoms with Crippen LogP contribution in [0.15, 0.2) is 22.7 Å². The number of carbonyl (C=O) groups excluding carboxylic acids is 1. The SMILES string of the molecule is NCC1(CC(=O)Nc2c(F)cccc2Br)CCC1. The summed E-state index contributed by atoms with van der Waals surface area (Å²) in [5.74, 6) is -0.612. The molecule has 2 rings (SSSR count). The molecule has 0 saturated heterocycles. The van der Waals surface area contributed by atoms with E-state index in [2.05, 4.69) is 21.2 Å². The van der Waals surface area contributed by atoms with Gasteiger partial charge in [0.2, 0.25) is 5.91 Å². The predicted octanol–water partition coefficient (Wildman–Crippen LogP) is 3.05. The second-order valence-electron chi connectivity index (χ2n) is 4.88. The molecular formula is C13H16BrFN2O. The standard InChI is InChI=1S/C13H16BrFN2O/c14-9-3-1-4-10(15)12(9)17-11(18)7-13(8-16)5-2-6-13/h1,3-4H,2,5-8,16H2,(H,17,18). The van der Waals surface area contributed by atoms with E-state index in [-0.39, 0.29) is 17.0 Å². The number of carbonyl (C=O) groups is 1. The second kappa shape index (κ2) is 5.36. The highest BCUT2D eigenvalue weighted by atomic mass is 79.9. The lowest BCUT2D eigenvalue weighted by Crippen LogP contribution is -2.40. The van der Waals surface area contributed by atoms with Gasteiger partial charge in [0.15, 0.2) is 0 Å². The average molecular weight is 315 g/mol. The van der Waals surface area contributed by atoms with E-state index < -0.39 is 5.82 Å². The molecule has 3 nitrogen and oxygen atoms in total. The smallest absolute Gasteiger partial charge is 0.225 e. The Hall–Kier alpha value is -0.940. The van der Waals surface area contributed by atoms with Gasteiger partial charge in [0.05, 0.1) is 5.69 Å². The number of nitrogens with two attached hydrogens (primary N) is 1. The summed E-state index contributed by atoms with van der Waals surface area (Å²) in [6.07, 6.45) is 3.45. The maximum absolute atomic E-state index is 13.6. The van der Waals surface area contributed by atoms with Crippen molar-refractivity contribution in [1.82, 2.24) is 0 Å².